The molecule has 1 heterocycles. The molecule has 25 heavy (non-hydrogen) atoms. The quantitative estimate of drug-likeness (QED) is 0.215. The second-order valence-electron chi connectivity index (χ2n) is 5.20. The molecule has 11 nitrogen and oxygen atoms in total. The van der Waals surface area contributed by atoms with Gasteiger partial charge in [0.15, 0.2) is 0 Å². The molecule has 0 aliphatic rings. The highest BCUT2D eigenvalue weighted by molar-refractivity contribution is 7.80. The zero-order valence-corrected chi connectivity index (χ0v) is 14.0. The lowest BCUT2D eigenvalue weighted by Gasteiger charge is -2.21. The van der Waals surface area contributed by atoms with Crippen molar-refractivity contribution in [2.75, 3.05) is 5.75 Å². The van der Waals surface area contributed by atoms with Crippen molar-refractivity contribution in [3.63, 3.8) is 0 Å². The Hall–Kier alpha value is -2.60. The third-order valence-corrected chi connectivity index (χ3v) is 3.56. The minimum atomic E-state index is -1.51. The highest BCUT2D eigenvalue weighted by atomic mass is 32.1. The summed E-state index contributed by atoms with van der Waals surface area (Å²) in [7, 11) is 0. The molecule has 0 aromatic carbocycles. The van der Waals surface area contributed by atoms with Gasteiger partial charge in [-0.15, -0.1) is 0 Å². The van der Waals surface area contributed by atoms with Gasteiger partial charge in [0.1, 0.15) is 12.1 Å². The van der Waals surface area contributed by atoms with Gasteiger partial charge in [-0.05, 0) is 0 Å². The fraction of sp³-hybridized carbons (Fsp3) is 0.462. The molecule has 0 saturated heterocycles. The van der Waals surface area contributed by atoms with Crippen LogP contribution in [0.3, 0.4) is 0 Å². The Morgan fingerprint density at radius 1 is 1.24 bits per heavy atom. The Kier molecular flexibility index (Phi) is 7.88. The number of nitrogens with two attached hydrogens (primary N) is 2. The van der Waals surface area contributed by atoms with Gasteiger partial charge >= 0.3 is 5.97 Å². The van der Waals surface area contributed by atoms with Crippen molar-refractivity contribution in [3.8, 4) is 0 Å². The van der Waals surface area contributed by atoms with Crippen molar-refractivity contribution in [1.29, 1.82) is 0 Å². The van der Waals surface area contributed by atoms with Crippen LogP contribution in [-0.2, 0) is 25.6 Å². The molecule has 0 fully saturated rings. The van der Waals surface area contributed by atoms with Crippen LogP contribution in [0, 0.1) is 0 Å². The first kappa shape index (κ1) is 20.4. The van der Waals surface area contributed by atoms with E-state index >= 15 is 0 Å². The molecule has 3 amide bonds. The van der Waals surface area contributed by atoms with Gasteiger partial charge in [0.2, 0.25) is 17.7 Å². The number of carboxylic acid groups (broad SMARTS) is 1. The molecule has 3 unspecified atom stereocenters. The number of thiol groups is 1. The van der Waals surface area contributed by atoms with Crippen molar-refractivity contribution in [1.82, 2.24) is 20.6 Å². The lowest BCUT2D eigenvalue weighted by molar-refractivity contribution is -0.143. The predicted molar refractivity (Wildman–Crippen MR) is 89.4 cm³/mol. The topological polar surface area (TPSA) is 193 Å². The van der Waals surface area contributed by atoms with Gasteiger partial charge < -0.3 is 32.2 Å². The van der Waals surface area contributed by atoms with E-state index in [-0.39, 0.29) is 12.2 Å². The Labute approximate surface area is 148 Å². The molecule has 138 valence electrons. The maximum Gasteiger partial charge on any atom is 0.326 e. The van der Waals surface area contributed by atoms with E-state index in [1.54, 1.807) is 0 Å². The van der Waals surface area contributed by atoms with Crippen LogP contribution >= 0.6 is 12.6 Å². The van der Waals surface area contributed by atoms with Crippen molar-refractivity contribution in [3.05, 3.63) is 18.2 Å². The van der Waals surface area contributed by atoms with Gasteiger partial charge in [-0.2, -0.15) is 12.6 Å². The fourth-order valence-electron chi connectivity index (χ4n) is 1.86. The number of carbonyl (C=O) groups is 4. The minimum absolute atomic E-state index is 0.0137. The Morgan fingerprint density at radius 3 is 2.36 bits per heavy atom. The summed E-state index contributed by atoms with van der Waals surface area (Å²) in [6, 6.07) is -3.58. The maximum atomic E-state index is 12.4. The molecular formula is C13H20N6O5S. The number of primary amides is 1. The molecule has 1 aromatic rings. The van der Waals surface area contributed by atoms with Gasteiger partial charge in [0.25, 0.3) is 0 Å². The first-order chi connectivity index (χ1) is 11.7. The standard InChI is InChI=1S/C13H20N6O5S/c14-7(4-25)11(21)18-8(1-6-3-16-5-17-6)12(22)19-9(13(23)24)2-10(15)20/h3,5,7-9,25H,1-2,4,14H2,(H2,15,20)(H,16,17)(H,18,21)(H,19,22)(H,23,24). The second-order valence-corrected chi connectivity index (χ2v) is 5.57. The summed E-state index contributed by atoms with van der Waals surface area (Å²) in [5, 5.41) is 13.7. The van der Waals surface area contributed by atoms with Gasteiger partial charge in [-0.1, -0.05) is 0 Å². The van der Waals surface area contributed by atoms with Crippen LogP contribution in [0.15, 0.2) is 12.5 Å². The summed E-state index contributed by atoms with van der Waals surface area (Å²) < 4.78 is 0. The number of aliphatic carboxylic acids is 1. The molecule has 0 aliphatic carbocycles. The van der Waals surface area contributed by atoms with Gasteiger partial charge in [0.05, 0.1) is 18.8 Å². The van der Waals surface area contributed by atoms with E-state index in [1.165, 1.54) is 12.5 Å². The molecule has 8 N–H and O–H groups in total. The van der Waals surface area contributed by atoms with E-state index in [0.29, 0.717) is 5.69 Å². The Bertz CT molecular complexity index is 622. The smallest absolute Gasteiger partial charge is 0.326 e. The molecule has 0 aliphatic heterocycles. The Morgan fingerprint density at radius 2 is 1.88 bits per heavy atom. The Balaban J connectivity index is 2.88. The van der Waals surface area contributed by atoms with E-state index in [1.807, 2.05) is 0 Å². The highest BCUT2D eigenvalue weighted by Crippen LogP contribution is 2.02. The van der Waals surface area contributed by atoms with Crippen LogP contribution in [0.25, 0.3) is 0 Å². The predicted octanol–water partition coefficient (Wildman–Crippen LogP) is -2.86. The lowest BCUT2D eigenvalue weighted by atomic mass is 10.1. The summed E-state index contributed by atoms with van der Waals surface area (Å²) >= 11 is 3.91. The third-order valence-electron chi connectivity index (χ3n) is 3.17. The number of carboxylic acids is 1. The van der Waals surface area contributed by atoms with E-state index in [2.05, 4.69) is 33.2 Å². The first-order valence-electron chi connectivity index (χ1n) is 7.20. The molecule has 1 aromatic heterocycles. The van der Waals surface area contributed by atoms with Crippen molar-refractivity contribution >= 4 is 36.3 Å². The van der Waals surface area contributed by atoms with Crippen LogP contribution < -0.4 is 22.1 Å². The summed E-state index contributed by atoms with van der Waals surface area (Å²) in [6.45, 7) is 0. The molecule has 3 atom stereocenters. The number of amides is 3. The van der Waals surface area contributed by atoms with Gasteiger partial charge in [-0.3, -0.25) is 14.4 Å². The number of rotatable bonds is 10. The number of aromatic amines is 1. The summed E-state index contributed by atoms with van der Waals surface area (Å²) in [5.41, 5.74) is 11.1. The zero-order valence-electron chi connectivity index (χ0n) is 13.1. The number of aromatic nitrogens is 2. The largest absolute Gasteiger partial charge is 0.480 e. The number of carbonyl (C=O) groups excluding carboxylic acids is 3. The SMILES string of the molecule is NC(=O)CC(NC(=O)C(Cc1cnc[nH]1)NC(=O)C(N)CS)C(=O)O. The maximum absolute atomic E-state index is 12.4. The number of nitrogens with one attached hydrogen (secondary N) is 3. The number of hydrogen-bond donors (Lipinski definition) is 7. The lowest BCUT2D eigenvalue weighted by Crippen LogP contribution is -2.56. The fourth-order valence-corrected chi connectivity index (χ4v) is 2.03. The van der Waals surface area contributed by atoms with Crippen molar-refractivity contribution < 1.29 is 24.3 Å². The number of nitrogens with zero attached hydrogens (tertiary/aromatic N) is 1. The molecule has 12 heteroatoms. The van der Waals surface area contributed by atoms with Crippen LogP contribution in [0.4, 0.5) is 0 Å². The molecular weight excluding hydrogens is 352 g/mol. The van der Waals surface area contributed by atoms with Crippen molar-refractivity contribution in [2.45, 2.75) is 31.0 Å². The second kappa shape index (κ2) is 9.64. The average molecular weight is 372 g/mol. The molecule has 0 bridgehead atoms. The van der Waals surface area contributed by atoms with Crippen molar-refractivity contribution in [2.24, 2.45) is 11.5 Å². The van der Waals surface area contributed by atoms with Gasteiger partial charge in [0, 0.05) is 24.1 Å². The monoisotopic (exact) mass is 372 g/mol. The number of hydrogen-bond acceptors (Lipinski definition) is 7. The summed E-state index contributed by atoms with van der Waals surface area (Å²) in [4.78, 5) is 52.9. The van der Waals surface area contributed by atoms with E-state index in [4.69, 9.17) is 16.6 Å². The third kappa shape index (κ3) is 6.81. The average Bonchev–Trinajstić information content (AvgIpc) is 3.05. The molecule has 0 spiro atoms. The minimum Gasteiger partial charge on any atom is -0.480 e. The van der Waals surface area contributed by atoms with E-state index < -0.39 is 48.2 Å². The molecule has 0 radical (unpaired) electrons. The highest BCUT2D eigenvalue weighted by Gasteiger charge is 2.29. The van der Waals surface area contributed by atoms with Gasteiger partial charge in [-0.25, -0.2) is 9.78 Å². The van der Waals surface area contributed by atoms with Crippen LogP contribution in [0.5, 0.6) is 0 Å². The van der Waals surface area contributed by atoms with Crippen LogP contribution in [0.1, 0.15) is 12.1 Å². The first-order valence-corrected chi connectivity index (χ1v) is 7.83. The van der Waals surface area contributed by atoms with E-state index in [9.17, 15) is 19.2 Å². The molecule has 1 rings (SSSR count). The van der Waals surface area contributed by atoms with Crippen LogP contribution in [-0.4, -0.2) is 62.6 Å². The normalized spacial score (nSPS) is 14.2. The summed E-state index contributed by atoms with van der Waals surface area (Å²) in [5.74, 6) is -3.69. The zero-order chi connectivity index (χ0) is 19.0. The number of H-pyrrole nitrogens is 1. The van der Waals surface area contributed by atoms with E-state index in [0.717, 1.165) is 0 Å². The van der Waals surface area contributed by atoms with Crippen LogP contribution in [0.2, 0.25) is 0 Å². The molecule has 0 saturated carbocycles. The number of imidazole rings is 1. The summed E-state index contributed by atoms with van der Waals surface area (Å²) in [6.07, 6.45) is 2.27.